The van der Waals surface area contributed by atoms with Crippen LogP contribution in [-0.2, 0) is 119 Å². The molecule has 3 saturated heterocycles. The first-order valence-corrected chi connectivity index (χ1v) is 43.3. The summed E-state index contributed by atoms with van der Waals surface area (Å²) in [6, 6.07) is -7.16. The second kappa shape index (κ2) is 36.1. The fourth-order valence-electron chi connectivity index (χ4n) is 15.7. The molecule has 0 radical (unpaired) electrons. The number of quaternary nitrogens is 3. The zero-order valence-electron chi connectivity index (χ0n) is 66.3. The van der Waals surface area contributed by atoms with Crippen LogP contribution in [0.3, 0.4) is 0 Å². The molecular weight excluding hydrogens is 1900 g/mol. The number of nitrogens with zero attached hydrogens (tertiary/aromatic N) is 12. The van der Waals surface area contributed by atoms with E-state index in [0.29, 0.717) is 128 Å². The van der Waals surface area contributed by atoms with Crippen molar-refractivity contribution in [2.24, 2.45) is 0 Å². The van der Waals surface area contributed by atoms with E-state index < -0.39 is 335 Å². The van der Waals surface area contributed by atoms with Crippen molar-refractivity contribution in [2.45, 2.75) is 166 Å². The second-order valence-corrected chi connectivity index (χ2v) is 37.8. The molecule has 12 atom stereocenters. The van der Waals surface area contributed by atoms with Crippen LogP contribution < -0.4 is 16.0 Å². The van der Waals surface area contributed by atoms with E-state index >= 15 is 96.9 Å². The number of nitrogens with one attached hydrogen (secondary N) is 3. The maximum absolute atomic E-state index is 17.0. The quantitative estimate of drug-likeness (QED) is 0.0186. The number of sulfonamides is 3. The van der Waals surface area contributed by atoms with Crippen LogP contribution in [-0.4, -0.2) is 174 Å². The van der Waals surface area contributed by atoms with Crippen LogP contribution in [0.4, 0.5) is 105 Å². The molecule has 3 N–H and O–H groups in total. The molecule has 0 aliphatic carbocycles. The molecule has 0 saturated carbocycles. The van der Waals surface area contributed by atoms with Gasteiger partial charge in [-0.2, -0.15) is 116 Å². The lowest BCUT2D eigenvalue weighted by molar-refractivity contribution is -0.848. The molecule has 3 fully saturated rings. The lowest BCUT2D eigenvalue weighted by Crippen LogP contribution is -2.63. The molecule has 3 amide bonds. The Kier molecular flexibility index (Phi) is 27.3. The minimum Gasteiger partial charge on any atom is -0.327 e. The van der Waals surface area contributed by atoms with E-state index in [0.717, 1.165) is 20.8 Å². The lowest BCUT2D eigenvalue weighted by atomic mass is 10.0. The van der Waals surface area contributed by atoms with E-state index in [9.17, 15) is 52.7 Å². The second-order valence-electron chi connectivity index (χ2n) is 29.8. The van der Waals surface area contributed by atoms with Gasteiger partial charge in [-0.25, -0.2) is 60.8 Å². The number of hydrogen-bond donors (Lipinski definition) is 3. The topological polar surface area (TPSA) is 350 Å². The fourth-order valence-corrected chi connectivity index (χ4v) is 23.4. The molecule has 9 heterocycles. The SMILES string of the molecule is C[C@H]1[C@H](F)C[C@@H](C(=O)NCOP(=O)(OCNC(=O)[C@@H]2C[C@@H](F)[C@H](C)[N+]2(Cc2cc(-c3cnc(C(F)(F)F)nc3)ncc2C(F)(F)F)S(=O)(=O)c2ccc(F)cc2)OCNC(=O)[C@@H]2C[C@@H](F)[C@H](C)[N+]2(Cc2cc(-c3cnc(C(F)(F)F)nc3)ncc2C(F)(F)F)S(=O)(=O)c2ccc(F)cc2)[N+]1(Cc1cc(-c2cnc(C(F)(F)F)nc2)ncc1C(F)(F)F)S(=O)(=O)c1ccc(F)cc1. The number of hydrogen-bond acceptors (Lipinski definition) is 22. The predicted molar refractivity (Wildman–Crippen MR) is 397 cm³/mol. The molecule has 0 spiro atoms. The molecule has 56 heteroatoms. The van der Waals surface area contributed by atoms with Crippen molar-refractivity contribution in [3.63, 3.8) is 0 Å². The lowest BCUT2D eigenvalue weighted by Gasteiger charge is -2.41. The van der Waals surface area contributed by atoms with E-state index in [1.165, 1.54) is 0 Å². The summed E-state index contributed by atoms with van der Waals surface area (Å²) in [7, 11) is -23.5. The number of carbonyl (C=O) groups is 3. The maximum atomic E-state index is 17.0. The first kappa shape index (κ1) is 98.9. The molecule has 28 nitrogen and oxygen atoms in total. The normalized spacial score (nSPS) is 23.5. The number of halogens is 24. The van der Waals surface area contributed by atoms with Gasteiger partial charge in [0.05, 0.1) is 33.8 Å². The zero-order valence-corrected chi connectivity index (χ0v) is 69.7. The van der Waals surface area contributed by atoms with Gasteiger partial charge in [0.25, 0.3) is 17.7 Å². The number of rotatable bonds is 27. The van der Waals surface area contributed by atoms with Crippen LogP contribution in [0, 0.1) is 17.5 Å². The number of likely N-dealkylation sites (tertiary alicyclic amines) is 3. The number of benzene rings is 3. The predicted octanol–water partition coefficient (Wildman–Crippen LogP) is 14.2. The van der Waals surface area contributed by atoms with Crippen LogP contribution >= 0.6 is 7.82 Å². The first-order chi connectivity index (χ1) is 60.7. The van der Waals surface area contributed by atoms with Crippen molar-refractivity contribution >= 4 is 55.6 Å². The summed E-state index contributed by atoms with van der Waals surface area (Å²) in [5.41, 5.74) is -13.0. The van der Waals surface area contributed by atoms with Crippen LogP contribution in [0.15, 0.2) is 161 Å². The highest BCUT2D eigenvalue weighted by Gasteiger charge is 2.68. The molecule has 3 aliphatic heterocycles. The Bertz CT molecular complexity index is 5620. The highest BCUT2D eigenvalue weighted by molar-refractivity contribution is 7.86. The maximum Gasteiger partial charge on any atom is 0.479 e. The summed E-state index contributed by atoms with van der Waals surface area (Å²) in [5, 5.41) is 5.57. The van der Waals surface area contributed by atoms with Crippen molar-refractivity contribution in [1.82, 2.24) is 60.8 Å². The Morgan fingerprint density at radius 2 is 0.573 bits per heavy atom. The number of phosphoric acid groups is 1. The molecule has 6 aromatic heterocycles. The van der Waals surface area contributed by atoms with E-state index in [2.05, 4.69) is 44.9 Å². The van der Waals surface area contributed by atoms with E-state index in [1.807, 2.05) is 16.0 Å². The van der Waals surface area contributed by atoms with Crippen LogP contribution in [0.1, 0.15) is 90.9 Å². The molecular formula is C75H63F24N15O13PS3+3. The van der Waals surface area contributed by atoms with Gasteiger partial charge in [0.1, 0.15) is 90.1 Å². The number of carbonyl (C=O) groups excluding carboxylic acids is 3. The summed E-state index contributed by atoms with van der Waals surface area (Å²) in [6.45, 7) is -8.42. The van der Waals surface area contributed by atoms with Gasteiger partial charge in [0, 0.05) is 108 Å². The van der Waals surface area contributed by atoms with Gasteiger partial charge in [-0.1, -0.05) is 0 Å². The minimum absolute atomic E-state index is 0.0636. The largest absolute Gasteiger partial charge is 0.479 e. The van der Waals surface area contributed by atoms with Crippen molar-refractivity contribution in [1.29, 1.82) is 0 Å². The molecule has 3 aromatic carbocycles. The van der Waals surface area contributed by atoms with Gasteiger partial charge < -0.3 is 16.0 Å². The Hall–Kier alpha value is -11.1. The van der Waals surface area contributed by atoms with Crippen LogP contribution in [0.25, 0.3) is 33.8 Å². The third kappa shape index (κ3) is 19.5. The highest BCUT2D eigenvalue weighted by atomic mass is 32.2. The summed E-state index contributed by atoms with van der Waals surface area (Å²) < 4.78 is 473. The van der Waals surface area contributed by atoms with Crippen LogP contribution in [0.2, 0.25) is 0 Å². The monoisotopic (exact) mass is 1960 g/mol. The van der Waals surface area contributed by atoms with E-state index in [1.54, 1.807) is 0 Å². The molecule has 9 aromatic rings. The summed E-state index contributed by atoms with van der Waals surface area (Å²) in [4.78, 5) is 71.9. The van der Waals surface area contributed by atoms with Gasteiger partial charge >= 0.3 is 75.0 Å². The highest BCUT2D eigenvalue weighted by Crippen LogP contribution is 2.53. The van der Waals surface area contributed by atoms with Crippen molar-refractivity contribution < 1.29 is 175 Å². The fraction of sp³-hybridized carbons (Fsp3) is 0.360. The summed E-state index contributed by atoms with van der Waals surface area (Å²) in [5.74, 6) is -14.4. The number of amides is 3. The van der Waals surface area contributed by atoms with Gasteiger partial charge in [0.15, 0.2) is 36.6 Å². The van der Waals surface area contributed by atoms with Gasteiger partial charge in [-0.05, 0) is 112 Å². The average molecular weight is 1970 g/mol. The molecule has 3 unspecified atom stereocenters. The number of phosphoric ester groups is 1. The third-order valence-electron chi connectivity index (χ3n) is 22.3. The standard InChI is InChI=1S/C75H60F24N15O13PS3/c1-37-55(79)19-61(112(37,129(119,120)49-10-4-46(76)5-11-49)31-40-16-58(100-28-52(40)70(82,83)84)43-22-103-67(104-23-43)73(91,92)93)64(115)109-34-125-128(118,126-35-110-65(116)62-20-56(80)38(2)113(62,130(121,122)50-12-6-47(77)7-13-50)32-41-17-59(101-29-53(41)71(85,86)87)44-24-105-68(106-25-44)74(94,95)96)127-36-111-66(117)63-21-57(81)39(3)114(63,131(123,124)51-14-8-48(78)9-15-51)33-42-18-60(102-30-54(42)72(88,89)90)45-26-107-69(108-27-45)75(97,98)99/h4-18,22-30,37-39,55-57,61-63H,19-21,31-36H2,1-3H3/p+3/t37-,38-,39-,55+,56+,57+,61-,62-,63-,112?,113?,114?,128?/m0/s1. The molecule has 131 heavy (non-hydrogen) atoms. The van der Waals surface area contributed by atoms with Gasteiger partial charge in [-0.3, -0.25) is 42.9 Å². The molecule has 12 rings (SSSR count). The summed E-state index contributed by atoms with van der Waals surface area (Å²) >= 11 is 0. The minimum atomic E-state index is -6.25. The Labute approximate surface area is 723 Å². The Morgan fingerprint density at radius 3 is 0.771 bits per heavy atom. The Balaban J connectivity index is 0.931. The summed E-state index contributed by atoms with van der Waals surface area (Å²) in [6.07, 6.45) is -41.5. The number of aromatic nitrogens is 9. The van der Waals surface area contributed by atoms with Crippen molar-refractivity contribution in [2.75, 3.05) is 20.2 Å². The molecule has 0 bridgehead atoms. The zero-order chi connectivity index (χ0) is 96.5. The average Bonchev–Trinajstić information content (AvgIpc) is 1.59. The van der Waals surface area contributed by atoms with E-state index in [-0.39, 0.29) is 18.6 Å². The van der Waals surface area contributed by atoms with Crippen LogP contribution in [0.5, 0.6) is 0 Å². The van der Waals surface area contributed by atoms with Crippen molar-refractivity contribution in [3.05, 3.63) is 215 Å². The van der Waals surface area contributed by atoms with Gasteiger partial charge in [0.2, 0.25) is 17.5 Å². The number of pyridine rings is 3. The van der Waals surface area contributed by atoms with E-state index in [4.69, 9.17) is 13.6 Å². The number of alkyl halides is 21. The molecule has 704 valence electrons. The third-order valence-corrected chi connectivity index (χ3v) is 31.1. The van der Waals surface area contributed by atoms with Gasteiger partial charge in [-0.15, -0.1) is 0 Å². The molecule has 3 aliphatic rings. The first-order valence-electron chi connectivity index (χ1n) is 37.5. The van der Waals surface area contributed by atoms with Crippen molar-refractivity contribution in [3.8, 4) is 33.8 Å². The Morgan fingerprint density at radius 1 is 0.359 bits per heavy atom. The smallest absolute Gasteiger partial charge is 0.327 e.